The van der Waals surface area contributed by atoms with E-state index in [4.69, 9.17) is 0 Å². The Morgan fingerprint density at radius 1 is 1.00 bits per heavy atom. The van der Waals surface area contributed by atoms with Gasteiger partial charge in [-0.1, -0.05) is 18.2 Å². The Bertz CT molecular complexity index is 1020. The molecule has 0 aliphatic carbocycles. The van der Waals surface area contributed by atoms with Crippen molar-refractivity contribution in [2.24, 2.45) is 0 Å². The fraction of sp³-hybridized carbons (Fsp3) is 0.292. The Hall–Kier alpha value is -2.93. The fourth-order valence-corrected chi connectivity index (χ4v) is 4.59. The van der Waals surface area contributed by atoms with Crippen molar-refractivity contribution in [2.45, 2.75) is 36.6 Å². The quantitative estimate of drug-likeness (QED) is 0.538. The average molecular weight is 437 g/mol. The Kier molecular flexibility index (Phi) is 7.14. The number of anilines is 1. The van der Waals surface area contributed by atoms with Gasteiger partial charge in [0.25, 0.3) is 5.91 Å². The standard InChI is InChI=1S/C24H25FN4OS/c25-20-10-8-18(9-11-20)17-31-24-21(7-5-13-27-24)23(30)28-16-19-6-4-12-26-22(19)29-14-2-1-3-15-29/h4-13H,1-3,14-17H2,(H,28,30). The molecule has 1 aliphatic heterocycles. The SMILES string of the molecule is O=C(NCc1cccnc1N1CCCCC1)c1cccnc1SCc1ccc(F)cc1. The zero-order chi connectivity index (χ0) is 21.5. The van der Waals surface area contributed by atoms with Gasteiger partial charge in [0, 0.05) is 43.3 Å². The summed E-state index contributed by atoms with van der Waals surface area (Å²) in [7, 11) is 0. The van der Waals surface area contributed by atoms with E-state index in [0.717, 1.165) is 30.0 Å². The molecule has 160 valence electrons. The molecule has 0 atom stereocenters. The van der Waals surface area contributed by atoms with Gasteiger partial charge in [0.1, 0.15) is 16.7 Å². The number of halogens is 1. The maximum absolute atomic E-state index is 13.1. The van der Waals surface area contributed by atoms with Gasteiger partial charge in [-0.2, -0.15) is 0 Å². The molecule has 0 unspecified atom stereocenters. The number of thioether (sulfide) groups is 1. The Morgan fingerprint density at radius 2 is 1.74 bits per heavy atom. The van der Waals surface area contributed by atoms with Gasteiger partial charge in [0.05, 0.1) is 5.56 Å². The van der Waals surface area contributed by atoms with Crippen LogP contribution in [-0.4, -0.2) is 29.0 Å². The summed E-state index contributed by atoms with van der Waals surface area (Å²) >= 11 is 1.47. The molecule has 31 heavy (non-hydrogen) atoms. The van der Waals surface area contributed by atoms with Gasteiger partial charge in [-0.05, 0) is 55.2 Å². The van der Waals surface area contributed by atoms with Crippen molar-refractivity contribution in [1.82, 2.24) is 15.3 Å². The number of carbonyl (C=O) groups excluding carboxylic acids is 1. The van der Waals surface area contributed by atoms with Crippen molar-refractivity contribution in [3.05, 3.63) is 83.4 Å². The number of benzene rings is 1. The molecule has 0 bridgehead atoms. The molecule has 4 rings (SSSR count). The second kappa shape index (κ2) is 10.4. The van der Waals surface area contributed by atoms with Crippen LogP contribution in [0.25, 0.3) is 0 Å². The van der Waals surface area contributed by atoms with E-state index in [9.17, 15) is 9.18 Å². The fourth-order valence-electron chi connectivity index (χ4n) is 3.64. The maximum Gasteiger partial charge on any atom is 0.254 e. The first-order valence-corrected chi connectivity index (χ1v) is 11.5. The lowest BCUT2D eigenvalue weighted by Crippen LogP contribution is -2.32. The van der Waals surface area contributed by atoms with Crippen molar-refractivity contribution in [3.63, 3.8) is 0 Å². The number of piperidine rings is 1. The molecule has 1 saturated heterocycles. The summed E-state index contributed by atoms with van der Waals surface area (Å²) < 4.78 is 13.1. The first kappa shape index (κ1) is 21.3. The predicted molar refractivity (Wildman–Crippen MR) is 122 cm³/mol. The minimum absolute atomic E-state index is 0.164. The molecule has 1 amide bonds. The number of pyridine rings is 2. The van der Waals surface area contributed by atoms with E-state index in [1.807, 2.05) is 12.1 Å². The molecule has 1 aromatic carbocycles. The second-order valence-corrected chi connectivity index (χ2v) is 8.45. The lowest BCUT2D eigenvalue weighted by Gasteiger charge is -2.29. The van der Waals surface area contributed by atoms with Gasteiger partial charge >= 0.3 is 0 Å². The van der Waals surface area contributed by atoms with E-state index < -0.39 is 0 Å². The van der Waals surface area contributed by atoms with Crippen LogP contribution in [-0.2, 0) is 12.3 Å². The van der Waals surface area contributed by atoms with E-state index in [1.54, 1.807) is 36.7 Å². The summed E-state index contributed by atoms with van der Waals surface area (Å²) in [5, 5.41) is 3.69. The highest BCUT2D eigenvalue weighted by atomic mass is 32.2. The van der Waals surface area contributed by atoms with Gasteiger partial charge < -0.3 is 10.2 Å². The number of nitrogens with one attached hydrogen (secondary N) is 1. The van der Waals surface area contributed by atoms with Crippen molar-refractivity contribution in [1.29, 1.82) is 0 Å². The van der Waals surface area contributed by atoms with Crippen LogP contribution in [0.4, 0.5) is 10.2 Å². The third-order valence-electron chi connectivity index (χ3n) is 5.27. The first-order valence-electron chi connectivity index (χ1n) is 10.5. The number of nitrogens with zero attached hydrogens (tertiary/aromatic N) is 3. The van der Waals surface area contributed by atoms with Gasteiger partial charge in [0.15, 0.2) is 0 Å². The zero-order valence-electron chi connectivity index (χ0n) is 17.3. The van der Waals surface area contributed by atoms with Crippen LogP contribution in [0, 0.1) is 5.82 Å². The molecule has 3 aromatic rings. The molecule has 1 N–H and O–H groups in total. The zero-order valence-corrected chi connectivity index (χ0v) is 18.1. The summed E-state index contributed by atoms with van der Waals surface area (Å²) in [6.45, 7) is 2.42. The molecule has 7 heteroatoms. The predicted octanol–water partition coefficient (Wildman–Crippen LogP) is 4.83. The van der Waals surface area contributed by atoms with E-state index in [-0.39, 0.29) is 11.7 Å². The molecule has 2 aromatic heterocycles. The highest BCUT2D eigenvalue weighted by Crippen LogP contribution is 2.25. The van der Waals surface area contributed by atoms with Gasteiger partial charge in [0.2, 0.25) is 0 Å². The van der Waals surface area contributed by atoms with Gasteiger partial charge in [-0.15, -0.1) is 11.8 Å². The largest absolute Gasteiger partial charge is 0.356 e. The van der Waals surface area contributed by atoms with E-state index >= 15 is 0 Å². The monoisotopic (exact) mass is 436 g/mol. The Morgan fingerprint density at radius 3 is 2.55 bits per heavy atom. The Balaban J connectivity index is 1.42. The van der Waals surface area contributed by atoms with Crippen LogP contribution in [0.5, 0.6) is 0 Å². The molecular weight excluding hydrogens is 411 g/mol. The first-order chi connectivity index (χ1) is 15.2. The third kappa shape index (κ3) is 5.61. The van der Waals surface area contributed by atoms with E-state index in [1.165, 1.54) is 43.2 Å². The minimum atomic E-state index is -0.258. The molecule has 5 nitrogen and oxygen atoms in total. The van der Waals surface area contributed by atoms with Crippen LogP contribution in [0.15, 0.2) is 66.0 Å². The lowest BCUT2D eigenvalue weighted by atomic mass is 10.1. The molecule has 0 radical (unpaired) electrons. The van der Waals surface area contributed by atoms with Crippen LogP contribution in [0.1, 0.15) is 40.7 Å². The topological polar surface area (TPSA) is 58.1 Å². The van der Waals surface area contributed by atoms with Crippen LogP contribution < -0.4 is 10.2 Å². The summed E-state index contributed by atoms with van der Waals surface area (Å²) in [5.74, 6) is 1.15. The van der Waals surface area contributed by atoms with Crippen LogP contribution >= 0.6 is 11.8 Å². The lowest BCUT2D eigenvalue weighted by molar-refractivity contribution is 0.0947. The molecular formula is C24H25FN4OS. The highest BCUT2D eigenvalue weighted by Gasteiger charge is 2.17. The minimum Gasteiger partial charge on any atom is -0.356 e. The van der Waals surface area contributed by atoms with Crippen LogP contribution in [0.2, 0.25) is 0 Å². The number of amides is 1. The molecule has 3 heterocycles. The maximum atomic E-state index is 13.1. The summed E-state index contributed by atoms with van der Waals surface area (Å²) in [6.07, 6.45) is 7.09. The molecule has 1 aliphatic rings. The molecule has 0 saturated carbocycles. The van der Waals surface area contributed by atoms with Crippen molar-refractivity contribution in [3.8, 4) is 0 Å². The van der Waals surface area contributed by atoms with Gasteiger partial charge in [-0.3, -0.25) is 4.79 Å². The third-order valence-corrected chi connectivity index (χ3v) is 6.34. The van der Waals surface area contributed by atoms with Crippen molar-refractivity contribution in [2.75, 3.05) is 18.0 Å². The smallest absolute Gasteiger partial charge is 0.254 e. The summed E-state index contributed by atoms with van der Waals surface area (Å²) in [4.78, 5) is 24.2. The number of carbonyl (C=O) groups is 1. The van der Waals surface area contributed by atoms with Gasteiger partial charge in [-0.25, -0.2) is 14.4 Å². The average Bonchev–Trinajstić information content (AvgIpc) is 2.83. The number of aromatic nitrogens is 2. The Labute approximate surface area is 186 Å². The van der Waals surface area contributed by atoms with E-state index in [0.29, 0.717) is 22.9 Å². The number of rotatable bonds is 7. The van der Waals surface area contributed by atoms with Crippen molar-refractivity contribution < 1.29 is 9.18 Å². The normalized spacial score (nSPS) is 13.8. The second-order valence-electron chi connectivity index (χ2n) is 7.49. The van der Waals surface area contributed by atoms with Crippen LogP contribution in [0.3, 0.4) is 0 Å². The van der Waals surface area contributed by atoms with Crippen molar-refractivity contribution >= 4 is 23.5 Å². The number of hydrogen-bond donors (Lipinski definition) is 1. The molecule has 1 fully saturated rings. The molecule has 0 spiro atoms. The number of hydrogen-bond acceptors (Lipinski definition) is 5. The summed E-state index contributed by atoms with van der Waals surface area (Å²) in [5.41, 5.74) is 2.53. The van der Waals surface area contributed by atoms with E-state index in [2.05, 4.69) is 20.2 Å². The highest BCUT2D eigenvalue weighted by molar-refractivity contribution is 7.98. The summed E-state index contributed by atoms with van der Waals surface area (Å²) in [6, 6.07) is 13.8.